The Kier molecular flexibility index (Phi) is 4.03. The first-order chi connectivity index (χ1) is 7.58. The molecule has 1 rings (SSSR count). The largest absolute Gasteiger partial charge is 0.368 e. The van der Waals surface area contributed by atoms with Gasteiger partial charge in [0.15, 0.2) is 10.8 Å². The highest BCUT2D eigenvalue weighted by Crippen LogP contribution is 2.13. The van der Waals surface area contributed by atoms with E-state index in [1.165, 1.54) is 6.20 Å². The standard InChI is InChI=1S/C9H10ClN5O/c1-2-5(9(12)16)14-7-4-13-6(3-11)8(10)15-7/h4-5H,2H2,1H3,(H2,12,16)(H,14,15). The van der Waals surface area contributed by atoms with Gasteiger partial charge in [0.05, 0.1) is 6.20 Å². The van der Waals surface area contributed by atoms with Crippen molar-refractivity contribution in [2.24, 2.45) is 5.73 Å². The number of carbonyl (C=O) groups excluding carboxylic acids is 1. The van der Waals surface area contributed by atoms with Gasteiger partial charge in [-0.1, -0.05) is 18.5 Å². The van der Waals surface area contributed by atoms with Crippen LogP contribution in [0.25, 0.3) is 0 Å². The summed E-state index contributed by atoms with van der Waals surface area (Å²) in [6.45, 7) is 1.81. The van der Waals surface area contributed by atoms with Gasteiger partial charge >= 0.3 is 0 Å². The zero-order valence-corrected chi connectivity index (χ0v) is 9.32. The number of rotatable bonds is 4. The average molecular weight is 240 g/mol. The Balaban J connectivity index is 2.87. The van der Waals surface area contributed by atoms with Crippen LogP contribution in [0.15, 0.2) is 6.20 Å². The lowest BCUT2D eigenvalue weighted by molar-refractivity contribution is -0.118. The van der Waals surface area contributed by atoms with E-state index in [1.54, 1.807) is 13.0 Å². The summed E-state index contributed by atoms with van der Waals surface area (Å²) in [7, 11) is 0. The topological polar surface area (TPSA) is 105 Å². The molecule has 16 heavy (non-hydrogen) atoms. The van der Waals surface area contributed by atoms with E-state index >= 15 is 0 Å². The van der Waals surface area contributed by atoms with Gasteiger partial charge in [-0.25, -0.2) is 9.97 Å². The highest BCUT2D eigenvalue weighted by atomic mass is 35.5. The van der Waals surface area contributed by atoms with Crippen molar-refractivity contribution in [3.05, 3.63) is 17.0 Å². The number of carbonyl (C=O) groups is 1. The van der Waals surface area contributed by atoms with Crippen LogP contribution in [0.1, 0.15) is 19.0 Å². The molecule has 0 aromatic carbocycles. The number of amides is 1. The Morgan fingerprint density at radius 3 is 2.94 bits per heavy atom. The number of nitrogens with two attached hydrogens (primary N) is 1. The molecule has 1 aromatic heterocycles. The number of hydrogen-bond donors (Lipinski definition) is 2. The van der Waals surface area contributed by atoms with Crippen LogP contribution in [0, 0.1) is 11.3 Å². The zero-order valence-electron chi connectivity index (χ0n) is 8.57. The Morgan fingerprint density at radius 1 is 1.81 bits per heavy atom. The van der Waals surface area contributed by atoms with E-state index in [9.17, 15) is 4.79 Å². The average Bonchev–Trinajstić information content (AvgIpc) is 2.25. The third-order valence-electron chi connectivity index (χ3n) is 1.91. The monoisotopic (exact) mass is 239 g/mol. The number of halogens is 1. The van der Waals surface area contributed by atoms with Crippen LogP contribution >= 0.6 is 11.6 Å². The molecule has 0 aliphatic carbocycles. The van der Waals surface area contributed by atoms with Crippen LogP contribution in [0.5, 0.6) is 0 Å². The molecule has 1 amide bonds. The summed E-state index contributed by atoms with van der Waals surface area (Å²) in [6, 6.07) is 1.26. The van der Waals surface area contributed by atoms with Crippen molar-refractivity contribution in [3.8, 4) is 6.07 Å². The van der Waals surface area contributed by atoms with E-state index in [-0.39, 0.29) is 10.8 Å². The van der Waals surface area contributed by atoms with Gasteiger partial charge in [-0.2, -0.15) is 5.26 Å². The fourth-order valence-electron chi connectivity index (χ4n) is 1.06. The lowest BCUT2D eigenvalue weighted by atomic mass is 10.2. The first-order valence-electron chi connectivity index (χ1n) is 4.57. The van der Waals surface area contributed by atoms with Crippen molar-refractivity contribution < 1.29 is 4.79 Å². The van der Waals surface area contributed by atoms with E-state index in [0.717, 1.165) is 0 Å². The summed E-state index contributed by atoms with van der Waals surface area (Å²) in [5, 5.41) is 11.4. The van der Waals surface area contributed by atoms with Gasteiger partial charge < -0.3 is 11.1 Å². The second-order valence-corrected chi connectivity index (χ2v) is 3.37. The van der Waals surface area contributed by atoms with Gasteiger partial charge in [0.1, 0.15) is 17.9 Å². The molecule has 0 fully saturated rings. The summed E-state index contributed by atoms with van der Waals surface area (Å²) < 4.78 is 0. The van der Waals surface area contributed by atoms with Crippen LogP contribution in [0.2, 0.25) is 5.15 Å². The summed E-state index contributed by atoms with van der Waals surface area (Å²) >= 11 is 5.68. The molecule has 0 radical (unpaired) electrons. The van der Waals surface area contributed by atoms with Crippen LogP contribution in [-0.4, -0.2) is 21.9 Å². The second-order valence-electron chi connectivity index (χ2n) is 3.01. The molecule has 0 spiro atoms. The molecule has 0 bridgehead atoms. The molecule has 7 heteroatoms. The van der Waals surface area contributed by atoms with E-state index in [4.69, 9.17) is 22.6 Å². The molecule has 1 aromatic rings. The van der Waals surface area contributed by atoms with Crippen molar-refractivity contribution in [2.45, 2.75) is 19.4 Å². The molecule has 0 saturated carbocycles. The van der Waals surface area contributed by atoms with Gasteiger partial charge in [-0.05, 0) is 6.42 Å². The molecule has 1 heterocycles. The molecule has 0 aliphatic heterocycles. The summed E-state index contributed by atoms with van der Waals surface area (Å²) in [5.74, 6) is -0.167. The predicted molar refractivity (Wildman–Crippen MR) is 58.7 cm³/mol. The molecule has 3 N–H and O–H groups in total. The number of nitrogens with zero attached hydrogens (tertiary/aromatic N) is 3. The maximum Gasteiger partial charge on any atom is 0.239 e. The van der Waals surface area contributed by atoms with Gasteiger partial charge in [-0.15, -0.1) is 0 Å². The van der Waals surface area contributed by atoms with E-state index in [0.29, 0.717) is 12.2 Å². The number of nitrogens with one attached hydrogen (secondary N) is 1. The van der Waals surface area contributed by atoms with Gasteiger partial charge in [0.2, 0.25) is 5.91 Å². The van der Waals surface area contributed by atoms with Crippen LogP contribution in [0.4, 0.5) is 5.82 Å². The van der Waals surface area contributed by atoms with Crippen LogP contribution in [-0.2, 0) is 4.79 Å². The van der Waals surface area contributed by atoms with E-state index < -0.39 is 11.9 Å². The fourth-order valence-corrected chi connectivity index (χ4v) is 1.25. The minimum absolute atomic E-state index is 0.00757. The quantitative estimate of drug-likeness (QED) is 0.804. The Labute approximate surface area is 97.4 Å². The highest BCUT2D eigenvalue weighted by Gasteiger charge is 2.14. The number of aromatic nitrogens is 2. The summed E-state index contributed by atoms with van der Waals surface area (Å²) in [4.78, 5) is 18.6. The first-order valence-corrected chi connectivity index (χ1v) is 4.94. The zero-order chi connectivity index (χ0) is 12.1. The van der Waals surface area contributed by atoms with Crippen molar-refractivity contribution in [1.82, 2.24) is 9.97 Å². The third-order valence-corrected chi connectivity index (χ3v) is 2.17. The predicted octanol–water partition coefficient (Wildman–Crippen LogP) is 0.677. The second kappa shape index (κ2) is 5.28. The Bertz CT molecular complexity index is 442. The van der Waals surface area contributed by atoms with Crippen molar-refractivity contribution >= 4 is 23.3 Å². The molecule has 84 valence electrons. The molecule has 0 saturated heterocycles. The normalized spacial score (nSPS) is 11.6. The fraction of sp³-hybridized carbons (Fsp3) is 0.333. The molecule has 6 nitrogen and oxygen atoms in total. The highest BCUT2D eigenvalue weighted by molar-refractivity contribution is 6.30. The number of nitriles is 1. The summed E-state index contributed by atoms with van der Waals surface area (Å²) in [5.41, 5.74) is 5.20. The van der Waals surface area contributed by atoms with Gasteiger partial charge in [-0.3, -0.25) is 4.79 Å². The van der Waals surface area contributed by atoms with E-state index in [2.05, 4.69) is 15.3 Å². The van der Waals surface area contributed by atoms with Crippen molar-refractivity contribution in [3.63, 3.8) is 0 Å². The lowest BCUT2D eigenvalue weighted by Crippen LogP contribution is -2.35. The Hall–Kier alpha value is -1.87. The van der Waals surface area contributed by atoms with Crippen LogP contribution in [0.3, 0.4) is 0 Å². The third kappa shape index (κ3) is 2.81. The minimum atomic E-state index is -0.529. The smallest absolute Gasteiger partial charge is 0.239 e. The molecular weight excluding hydrogens is 230 g/mol. The van der Waals surface area contributed by atoms with Gasteiger partial charge in [0.25, 0.3) is 0 Å². The van der Waals surface area contributed by atoms with Crippen LogP contribution < -0.4 is 11.1 Å². The van der Waals surface area contributed by atoms with Crippen molar-refractivity contribution in [1.29, 1.82) is 5.26 Å². The molecule has 1 atom stereocenters. The number of hydrogen-bond acceptors (Lipinski definition) is 5. The first kappa shape index (κ1) is 12.2. The van der Waals surface area contributed by atoms with Crippen molar-refractivity contribution in [2.75, 3.05) is 5.32 Å². The summed E-state index contributed by atoms with van der Waals surface area (Å²) in [6.07, 6.45) is 1.85. The van der Waals surface area contributed by atoms with E-state index in [1.807, 2.05) is 0 Å². The molecule has 0 aliphatic rings. The maximum absolute atomic E-state index is 11.0. The number of anilines is 1. The Morgan fingerprint density at radius 2 is 2.50 bits per heavy atom. The molecule has 1 unspecified atom stereocenters. The van der Waals surface area contributed by atoms with Gasteiger partial charge in [0, 0.05) is 0 Å². The number of primary amides is 1. The maximum atomic E-state index is 11.0. The minimum Gasteiger partial charge on any atom is -0.368 e. The SMILES string of the molecule is CCC(Nc1cnc(C#N)c(Cl)n1)C(N)=O. The lowest BCUT2D eigenvalue weighted by Gasteiger charge is -2.13. The molecular formula is C9H10ClN5O.